The van der Waals surface area contributed by atoms with Gasteiger partial charge in [-0.05, 0) is 12.8 Å². The van der Waals surface area contributed by atoms with Gasteiger partial charge in [-0.1, -0.05) is 89.9 Å². The molecule has 0 aliphatic heterocycles. The predicted molar refractivity (Wildman–Crippen MR) is 89.8 cm³/mol. The van der Waals surface area contributed by atoms with Gasteiger partial charge in [0.05, 0.1) is 0 Å². The Labute approximate surface area is 127 Å². The van der Waals surface area contributed by atoms with Crippen LogP contribution < -0.4 is 11.5 Å². The second-order valence-corrected chi connectivity index (χ2v) is 7.02. The van der Waals surface area contributed by atoms with E-state index in [0.29, 0.717) is 6.54 Å². The van der Waals surface area contributed by atoms with Gasteiger partial charge in [-0.15, -0.1) is 0 Å². The molecule has 2 nitrogen and oxygen atoms in total. The van der Waals surface area contributed by atoms with Gasteiger partial charge in [-0.3, -0.25) is 0 Å². The Morgan fingerprint density at radius 1 is 0.500 bits per heavy atom. The van der Waals surface area contributed by atoms with Gasteiger partial charge < -0.3 is 11.5 Å². The standard InChI is InChI=1S/C18H38N2/c19-17-18(20)15-13-11-9-7-5-3-1-2-4-6-8-10-12-14-16-18/h1-17,19-20H2. The molecule has 4 N–H and O–H groups in total. The van der Waals surface area contributed by atoms with E-state index in [1.54, 1.807) is 0 Å². The van der Waals surface area contributed by atoms with Crippen molar-refractivity contribution in [3.8, 4) is 0 Å². The first-order chi connectivity index (χ1) is 9.77. The molecule has 0 radical (unpaired) electrons. The van der Waals surface area contributed by atoms with Gasteiger partial charge in [0.1, 0.15) is 0 Å². The van der Waals surface area contributed by atoms with Gasteiger partial charge >= 0.3 is 0 Å². The molecule has 0 aromatic carbocycles. The number of rotatable bonds is 1. The Balaban J connectivity index is 2.27. The summed E-state index contributed by atoms with van der Waals surface area (Å²) in [5.41, 5.74) is 12.3. The monoisotopic (exact) mass is 282 g/mol. The van der Waals surface area contributed by atoms with Gasteiger partial charge in [-0.2, -0.15) is 0 Å². The maximum atomic E-state index is 6.46. The van der Waals surface area contributed by atoms with Crippen molar-refractivity contribution < 1.29 is 0 Å². The van der Waals surface area contributed by atoms with Crippen LogP contribution in [0.5, 0.6) is 0 Å². The average Bonchev–Trinajstić information content (AvgIpc) is 2.46. The van der Waals surface area contributed by atoms with Crippen LogP contribution in [0.25, 0.3) is 0 Å². The second-order valence-electron chi connectivity index (χ2n) is 7.02. The fourth-order valence-electron chi connectivity index (χ4n) is 3.40. The molecular weight excluding hydrogens is 244 g/mol. The van der Waals surface area contributed by atoms with Crippen molar-refractivity contribution in [2.75, 3.05) is 6.54 Å². The van der Waals surface area contributed by atoms with Crippen LogP contribution in [0.3, 0.4) is 0 Å². The molecule has 0 unspecified atom stereocenters. The first-order valence-electron chi connectivity index (χ1n) is 9.26. The van der Waals surface area contributed by atoms with Crippen LogP contribution in [0.2, 0.25) is 0 Å². The first-order valence-corrected chi connectivity index (χ1v) is 9.26. The SMILES string of the molecule is NCC1(N)CCCCCCCCCCCCCCCC1. The predicted octanol–water partition coefficient (Wildman–Crippen LogP) is 4.90. The molecule has 1 fully saturated rings. The smallest absolute Gasteiger partial charge is 0.0278 e. The van der Waals surface area contributed by atoms with Crippen LogP contribution in [0, 0.1) is 0 Å². The molecule has 120 valence electrons. The van der Waals surface area contributed by atoms with Gasteiger partial charge in [0, 0.05) is 12.1 Å². The summed E-state index contributed by atoms with van der Waals surface area (Å²) in [6.45, 7) is 0.660. The van der Waals surface area contributed by atoms with E-state index in [2.05, 4.69) is 0 Å². The van der Waals surface area contributed by atoms with Crippen LogP contribution in [-0.2, 0) is 0 Å². The summed E-state index contributed by atoms with van der Waals surface area (Å²) >= 11 is 0. The Morgan fingerprint density at radius 3 is 1.00 bits per heavy atom. The number of hydrogen-bond acceptors (Lipinski definition) is 2. The van der Waals surface area contributed by atoms with E-state index in [4.69, 9.17) is 11.5 Å². The highest BCUT2D eigenvalue weighted by molar-refractivity contribution is 4.84. The second kappa shape index (κ2) is 11.6. The van der Waals surface area contributed by atoms with Crippen molar-refractivity contribution in [3.05, 3.63) is 0 Å². The summed E-state index contributed by atoms with van der Waals surface area (Å²) in [5.74, 6) is 0. The molecule has 0 amide bonds. The fraction of sp³-hybridized carbons (Fsp3) is 1.00. The maximum Gasteiger partial charge on any atom is 0.0278 e. The third kappa shape index (κ3) is 8.97. The lowest BCUT2D eigenvalue weighted by atomic mass is 9.87. The Bertz CT molecular complexity index is 197. The van der Waals surface area contributed by atoms with E-state index < -0.39 is 0 Å². The number of nitrogens with two attached hydrogens (primary N) is 2. The summed E-state index contributed by atoms with van der Waals surface area (Å²) in [6, 6.07) is 0. The normalized spacial score (nSPS) is 24.9. The molecule has 1 rings (SSSR count). The summed E-state index contributed by atoms with van der Waals surface area (Å²) in [6.07, 6.45) is 21.8. The molecular formula is C18H38N2. The summed E-state index contributed by atoms with van der Waals surface area (Å²) in [5, 5.41) is 0. The Hall–Kier alpha value is -0.0800. The lowest BCUT2D eigenvalue weighted by molar-refractivity contribution is 0.343. The van der Waals surface area contributed by atoms with Gasteiger partial charge in [0.25, 0.3) is 0 Å². The van der Waals surface area contributed by atoms with E-state index in [0.717, 1.165) is 12.8 Å². The Morgan fingerprint density at radius 2 is 0.750 bits per heavy atom. The molecule has 0 spiro atoms. The van der Waals surface area contributed by atoms with Crippen molar-refractivity contribution in [1.29, 1.82) is 0 Å². The van der Waals surface area contributed by atoms with Crippen LogP contribution >= 0.6 is 0 Å². The molecule has 2 heteroatoms. The maximum absolute atomic E-state index is 6.46. The summed E-state index contributed by atoms with van der Waals surface area (Å²) in [4.78, 5) is 0. The van der Waals surface area contributed by atoms with Crippen LogP contribution in [0.15, 0.2) is 0 Å². The van der Waals surface area contributed by atoms with E-state index in [9.17, 15) is 0 Å². The first kappa shape index (κ1) is 18.0. The molecule has 0 bridgehead atoms. The lowest BCUT2D eigenvalue weighted by Gasteiger charge is -2.28. The third-order valence-corrected chi connectivity index (χ3v) is 5.01. The zero-order valence-electron chi connectivity index (χ0n) is 13.7. The van der Waals surface area contributed by atoms with Crippen molar-refractivity contribution in [3.63, 3.8) is 0 Å². The summed E-state index contributed by atoms with van der Waals surface area (Å²) < 4.78 is 0. The summed E-state index contributed by atoms with van der Waals surface area (Å²) in [7, 11) is 0. The van der Waals surface area contributed by atoms with E-state index in [-0.39, 0.29) is 5.54 Å². The topological polar surface area (TPSA) is 52.0 Å². The average molecular weight is 283 g/mol. The van der Waals surface area contributed by atoms with Crippen molar-refractivity contribution in [2.24, 2.45) is 11.5 Å². The third-order valence-electron chi connectivity index (χ3n) is 5.01. The van der Waals surface area contributed by atoms with E-state index in [1.165, 1.54) is 89.9 Å². The molecule has 0 aromatic rings. The highest BCUT2D eigenvalue weighted by Gasteiger charge is 2.21. The number of hydrogen-bond donors (Lipinski definition) is 2. The molecule has 1 aliphatic rings. The zero-order chi connectivity index (χ0) is 14.5. The minimum absolute atomic E-state index is 0.0754. The van der Waals surface area contributed by atoms with E-state index >= 15 is 0 Å². The molecule has 0 aromatic heterocycles. The highest BCUT2D eigenvalue weighted by atomic mass is 14.8. The largest absolute Gasteiger partial charge is 0.329 e. The van der Waals surface area contributed by atoms with Gasteiger partial charge in [0.2, 0.25) is 0 Å². The minimum atomic E-state index is -0.0754. The van der Waals surface area contributed by atoms with Crippen molar-refractivity contribution in [1.82, 2.24) is 0 Å². The zero-order valence-corrected chi connectivity index (χ0v) is 13.7. The van der Waals surface area contributed by atoms with Gasteiger partial charge in [0.15, 0.2) is 0 Å². The molecule has 0 saturated heterocycles. The quantitative estimate of drug-likeness (QED) is 0.719. The lowest BCUT2D eigenvalue weighted by Crippen LogP contribution is -2.46. The molecule has 0 heterocycles. The molecule has 1 saturated carbocycles. The van der Waals surface area contributed by atoms with Crippen LogP contribution in [-0.4, -0.2) is 12.1 Å². The highest BCUT2D eigenvalue weighted by Crippen LogP contribution is 2.21. The Kier molecular flexibility index (Phi) is 10.4. The molecule has 0 atom stereocenters. The van der Waals surface area contributed by atoms with Crippen LogP contribution in [0.4, 0.5) is 0 Å². The van der Waals surface area contributed by atoms with Crippen LogP contribution in [0.1, 0.15) is 103 Å². The molecule has 1 aliphatic carbocycles. The van der Waals surface area contributed by atoms with Gasteiger partial charge in [-0.25, -0.2) is 0 Å². The van der Waals surface area contributed by atoms with Crippen molar-refractivity contribution >= 4 is 0 Å². The fourth-order valence-corrected chi connectivity index (χ4v) is 3.40. The van der Waals surface area contributed by atoms with E-state index in [1.807, 2.05) is 0 Å². The molecule has 20 heavy (non-hydrogen) atoms. The minimum Gasteiger partial charge on any atom is -0.329 e. The van der Waals surface area contributed by atoms with Crippen molar-refractivity contribution in [2.45, 2.75) is 108 Å².